The molecule has 2 heterocycles. The highest BCUT2D eigenvalue weighted by atomic mass is 16.5. The molecule has 35 heavy (non-hydrogen) atoms. The molecule has 0 unspecified atom stereocenters. The zero-order chi connectivity index (χ0) is 24.8. The van der Waals surface area contributed by atoms with Crippen molar-refractivity contribution < 1.29 is 14.3 Å². The molecule has 9 heteroatoms. The summed E-state index contributed by atoms with van der Waals surface area (Å²) in [5.74, 6) is 1.32. The lowest BCUT2D eigenvalue weighted by molar-refractivity contribution is 0.0952. The van der Waals surface area contributed by atoms with Crippen LogP contribution in [-0.4, -0.2) is 62.8 Å². The molecular formula is C26H31N5O4. The Kier molecular flexibility index (Phi) is 7.54. The molecule has 1 saturated heterocycles. The Morgan fingerprint density at radius 3 is 2.43 bits per heavy atom. The summed E-state index contributed by atoms with van der Waals surface area (Å²) in [4.78, 5) is 36.7. The van der Waals surface area contributed by atoms with E-state index in [2.05, 4.69) is 39.2 Å². The van der Waals surface area contributed by atoms with E-state index in [0.717, 1.165) is 31.7 Å². The van der Waals surface area contributed by atoms with Gasteiger partial charge in [-0.05, 0) is 42.7 Å². The van der Waals surface area contributed by atoms with Crippen LogP contribution in [0.15, 0.2) is 53.5 Å². The molecule has 2 N–H and O–H groups in total. The number of piperazine rings is 1. The van der Waals surface area contributed by atoms with Crippen molar-refractivity contribution in [2.45, 2.75) is 13.3 Å². The number of H-pyrrole nitrogens is 1. The summed E-state index contributed by atoms with van der Waals surface area (Å²) >= 11 is 0. The summed E-state index contributed by atoms with van der Waals surface area (Å²) < 4.78 is 10.6. The number of aryl methyl sites for hydroxylation is 1. The van der Waals surface area contributed by atoms with E-state index in [0.29, 0.717) is 30.4 Å². The first-order valence-electron chi connectivity index (χ1n) is 11.6. The van der Waals surface area contributed by atoms with Gasteiger partial charge in [-0.2, -0.15) is 0 Å². The van der Waals surface area contributed by atoms with Crippen molar-refractivity contribution in [2.24, 2.45) is 0 Å². The van der Waals surface area contributed by atoms with Crippen LogP contribution in [-0.2, 0) is 6.42 Å². The summed E-state index contributed by atoms with van der Waals surface area (Å²) in [5, 5.41) is 2.79. The van der Waals surface area contributed by atoms with Crippen LogP contribution in [0, 0.1) is 6.92 Å². The molecule has 0 bridgehead atoms. The smallest absolute Gasteiger partial charge is 0.265 e. The van der Waals surface area contributed by atoms with E-state index in [9.17, 15) is 9.59 Å². The van der Waals surface area contributed by atoms with Crippen LogP contribution in [0.25, 0.3) is 0 Å². The van der Waals surface area contributed by atoms with Gasteiger partial charge < -0.3 is 24.6 Å². The molecule has 1 aromatic heterocycles. The largest absolute Gasteiger partial charge is 0.493 e. The van der Waals surface area contributed by atoms with Crippen molar-refractivity contribution in [2.75, 3.05) is 56.7 Å². The molecular weight excluding hydrogens is 446 g/mol. The molecule has 9 nitrogen and oxygen atoms in total. The Morgan fingerprint density at radius 1 is 1.03 bits per heavy atom. The van der Waals surface area contributed by atoms with Crippen LogP contribution in [0.3, 0.4) is 0 Å². The van der Waals surface area contributed by atoms with Crippen LogP contribution < -0.4 is 30.1 Å². The van der Waals surface area contributed by atoms with Crippen molar-refractivity contribution in [1.82, 2.24) is 15.3 Å². The Balaban J connectivity index is 1.32. The lowest BCUT2D eigenvalue weighted by atomic mass is 10.1. The summed E-state index contributed by atoms with van der Waals surface area (Å²) in [6.07, 6.45) is 1.94. The Bertz CT molecular complexity index is 1230. The van der Waals surface area contributed by atoms with Crippen LogP contribution in [0.5, 0.6) is 11.5 Å². The zero-order valence-corrected chi connectivity index (χ0v) is 20.3. The summed E-state index contributed by atoms with van der Waals surface area (Å²) in [7, 11) is 3.16. The lowest BCUT2D eigenvalue weighted by Crippen LogP contribution is -2.47. The quantitative estimate of drug-likeness (QED) is 0.514. The first-order valence-corrected chi connectivity index (χ1v) is 11.6. The van der Waals surface area contributed by atoms with E-state index in [1.54, 1.807) is 14.2 Å². The number of carbonyl (C=O) groups excluding carboxylic acids is 1. The normalized spacial score (nSPS) is 13.5. The van der Waals surface area contributed by atoms with Crippen LogP contribution in [0.4, 0.5) is 11.6 Å². The third kappa shape index (κ3) is 5.56. The second-order valence-corrected chi connectivity index (χ2v) is 8.41. The highest BCUT2D eigenvalue weighted by Crippen LogP contribution is 2.27. The van der Waals surface area contributed by atoms with E-state index < -0.39 is 11.5 Å². The van der Waals surface area contributed by atoms with Crippen molar-refractivity contribution in [3.8, 4) is 11.5 Å². The molecule has 1 aliphatic heterocycles. The first kappa shape index (κ1) is 24.1. The van der Waals surface area contributed by atoms with Gasteiger partial charge in [0.15, 0.2) is 11.5 Å². The molecule has 4 rings (SSSR count). The summed E-state index contributed by atoms with van der Waals surface area (Å²) in [6, 6.07) is 13.9. The molecule has 184 valence electrons. The van der Waals surface area contributed by atoms with Crippen LogP contribution >= 0.6 is 0 Å². The van der Waals surface area contributed by atoms with E-state index in [4.69, 9.17) is 9.47 Å². The van der Waals surface area contributed by atoms with Gasteiger partial charge in [0, 0.05) is 44.6 Å². The van der Waals surface area contributed by atoms with Crippen LogP contribution in [0.2, 0.25) is 0 Å². The standard InChI is InChI=1S/C26H31N5O4/c1-18-6-4-5-7-21(18)30-12-14-31(15-13-30)26-28-17-20(25(33)29-26)24(32)27-11-10-19-8-9-22(34-2)23(16-19)35-3/h4-9,16-17H,10-15H2,1-3H3,(H,27,32)(H,28,29,33). The number of methoxy groups -OCH3 is 2. The topological polar surface area (TPSA) is 99.8 Å². The molecule has 0 atom stereocenters. The monoisotopic (exact) mass is 477 g/mol. The minimum Gasteiger partial charge on any atom is -0.493 e. The predicted molar refractivity (Wildman–Crippen MR) is 136 cm³/mol. The van der Waals surface area contributed by atoms with Gasteiger partial charge in [-0.1, -0.05) is 24.3 Å². The van der Waals surface area contributed by atoms with Gasteiger partial charge in [0.2, 0.25) is 5.95 Å². The van der Waals surface area contributed by atoms with Crippen molar-refractivity contribution in [3.05, 3.63) is 75.7 Å². The number of nitrogens with one attached hydrogen (secondary N) is 2. The zero-order valence-electron chi connectivity index (χ0n) is 20.3. The van der Waals surface area contributed by atoms with E-state index >= 15 is 0 Å². The van der Waals surface area contributed by atoms with Crippen LogP contribution in [0.1, 0.15) is 21.5 Å². The number of hydrogen-bond acceptors (Lipinski definition) is 7. The molecule has 1 fully saturated rings. The van der Waals surface area contributed by atoms with Gasteiger partial charge >= 0.3 is 0 Å². The summed E-state index contributed by atoms with van der Waals surface area (Å²) in [6.45, 7) is 5.59. The molecule has 2 aromatic carbocycles. The number of ether oxygens (including phenoxy) is 2. The Hall–Kier alpha value is -4.01. The molecule has 0 spiro atoms. The minimum absolute atomic E-state index is 0.000363. The number of carbonyl (C=O) groups is 1. The van der Waals surface area contributed by atoms with E-state index in [1.807, 2.05) is 35.2 Å². The number of nitrogens with zero attached hydrogens (tertiary/aromatic N) is 3. The molecule has 1 aliphatic rings. The maximum absolute atomic E-state index is 12.6. The molecule has 1 amide bonds. The summed E-state index contributed by atoms with van der Waals surface area (Å²) in [5.41, 5.74) is 3.01. The van der Waals surface area contributed by atoms with Crippen molar-refractivity contribution >= 4 is 17.5 Å². The fourth-order valence-corrected chi connectivity index (χ4v) is 4.24. The third-order valence-electron chi connectivity index (χ3n) is 6.21. The fourth-order valence-electron chi connectivity index (χ4n) is 4.24. The van der Waals surface area contributed by atoms with Gasteiger partial charge in [-0.25, -0.2) is 4.98 Å². The second kappa shape index (κ2) is 10.9. The number of anilines is 2. The van der Waals surface area contributed by atoms with Gasteiger partial charge in [-0.15, -0.1) is 0 Å². The van der Waals surface area contributed by atoms with E-state index in [-0.39, 0.29) is 5.56 Å². The van der Waals surface area contributed by atoms with Crippen molar-refractivity contribution in [3.63, 3.8) is 0 Å². The molecule has 0 aliphatic carbocycles. The predicted octanol–water partition coefficient (Wildman–Crippen LogP) is 2.39. The maximum atomic E-state index is 12.6. The SMILES string of the molecule is COc1ccc(CCNC(=O)c2cnc(N3CCN(c4ccccc4C)CC3)[nH]c2=O)cc1OC. The second-order valence-electron chi connectivity index (χ2n) is 8.41. The number of aromatic amines is 1. The van der Waals surface area contributed by atoms with Gasteiger partial charge in [0.25, 0.3) is 11.5 Å². The number of amides is 1. The number of hydrogen-bond donors (Lipinski definition) is 2. The fraction of sp³-hybridized carbons (Fsp3) is 0.346. The highest BCUT2D eigenvalue weighted by Gasteiger charge is 2.21. The Morgan fingerprint density at radius 2 is 1.74 bits per heavy atom. The first-order chi connectivity index (χ1) is 17.0. The molecule has 0 radical (unpaired) electrons. The Labute approximate surface area is 204 Å². The molecule has 3 aromatic rings. The minimum atomic E-state index is -0.449. The van der Waals surface area contributed by atoms with Gasteiger partial charge in [-0.3, -0.25) is 14.6 Å². The van der Waals surface area contributed by atoms with Gasteiger partial charge in [0.05, 0.1) is 14.2 Å². The average Bonchev–Trinajstić information content (AvgIpc) is 2.88. The lowest BCUT2D eigenvalue weighted by Gasteiger charge is -2.37. The van der Waals surface area contributed by atoms with Gasteiger partial charge in [0.1, 0.15) is 5.56 Å². The number of benzene rings is 2. The van der Waals surface area contributed by atoms with Crippen molar-refractivity contribution in [1.29, 1.82) is 0 Å². The third-order valence-corrected chi connectivity index (χ3v) is 6.21. The molecule has 0 saturated carbocycles. The number of rotatable bonds is 8. The average molecular weight is 478 g/mol. The maximum Gasteiger partial charge on any atom is 0.265 e. The highest BCUT2D eigenvalue weighted by molar-refractivity contribution is 5.93. The van der Waals surface area contributed by atoms with E-state index in [1.165, 1.54) is 17.4 Å². The number of para-hydroxylation sites is 1. The number of aromatic nitrogens is 2.